The molecule has 0 aliphatic carbocycles. The van der Waals surface area contributed by atoms with E-state index < -0.39 is 0 Å². The van der Waals surface area contributed by atoms with Crippen molar-refractivity contribution in [2.24, 2.45) is 0 Å². The van der Waals surface area contributed by atoms with Gasteiger partial charge in [0.05, 0.1) is 12.6 Å². The van der Waals surface area contributed by atoms with Crippen LogP contribution in [0.1, 0.15) is 24.1 Å². The summed E-state index contributed by atoms with van der Waals surface area (Å²) in [6.07, 6.45) is 0. The highest BCUT2D eigenvalue weighted by Gasteiger charge is 2.21. The average molecular weight is 300 g/mol. The minimum atomic E-state index is -0.270. The number of nitrogens with zero attached hydrogens (tertiary/aromatic N) is 1. The summed E-state index contributed by atoms with van der Waals surface area (Å²) < 4.78 is 13.0. The van der Waals surface area contributed by atoms with Gasteiger partial charge in [-0.1, -0.05) is 42.5 Å². The minimum Gasteiger partial charge on any atom is -0.331 e. The van der Waals surface area contributed by atoms with Crippen LogP contribution in [0.2, 0.25) is 0 Å². The number of carbonyl (C=O) groups is 1. The normalized spacial score (nSPS) is 12.0. The molecular formula is C18H21FN2O. The van der Waals surface area contributed by atoms with Gasteiger partial charge in [0.1, 0.15) is 5.82 Å². The maximum Gasteiger partial charge on any atom is 0.237 e. The van der Waals surface area contributed by atoms with Gasteiger partial charge in [-0.3, -0.25) is 4.79 Å². The number of amides is 1. The highest BCUT2D eigenvalue weighted by atomic mass is 19.1. The van der Waals surface area contributed by atoms with Crippen LogP contribution in [0.4, 0.5) is 4.39 Å². The van der Waals surface area contributed by atoms with Crippen molar-refractivity contribution in [1.82, 2.24) is 10.2 Å². The quantitative estimate of drug-likeness (QED) is 0.889. The maximum atomic E-state index is 13.0. The van der Waals surface area contributed by atoms with Crippen molar-refractivity contribution < 1.29 is 9.18 Å². The predicted molar refractivity (Wildman–Crippen MR) is 85.7 cm³/mol. The molecule has 2 aromatic rings. The minimum absolute atomic E-state index is 0.0168. The van der Waals surface area contributed by atoms with Crippen LogP contribution in [0, 0.1) is 5.82 Å². The van der Waals surface area contributed by atoms with E-state index >= 15 is 0 Å². The number of rotatable bonds is 6. The third-order valence-electron chi connectivity index (χ3n) is 3.66. The van der Waals surface area contributed by atoms with Crippen LogP contribution >= 0.6 is 0 Å². The number of carbonyl (C=O) groups excluding carboxylic acids is 1. The molecule has 0 radical (unpaired) electrons. The summed E-state index contributed by atoms with van der Waals surface area (Å²) in [4.78, 5) is 14.2. The van der Waals surface area contributed by atoms with Crippen molar-refractivity contribution in [1.29, 1.82) is 0 Å². The molecule has 0 saturated heterocycles. The van der Waals surface area contributed by atoms with E-state index in [1.54, 1.807) is 24.1 Å². The molecule has 1 N–H and O–H groups in total. The molecule has 0 spiro atoms. The number of likely N-dealkylation sites (N-methyl/N-ethyl adjacent to an activating group) is 1. The number of hydrogen-bond acceptors (Lipinski definition) is 2. The Bertz CT molecular complexity index is 598. The Morgan fingerprint density at radius 1 is 1.14 bits per heavy atom. The summed E-state index contributed by atoms with van der Waals surface area (Å²) in [5.41, 5.74) is 1.99. The molecule has 2 aromatic carbocycles. The van der Waals surface area contributed by atoms with Crippen molar-refractivity contribution in [2.75, 3.05) is 13.6 Å². The van der Waals surface area contributed by atoms with Crippen molar-refractivity contribution >= 4 is 5.91 Å². The van der Waals surface area contributed by atoms with Crippen LogP contribution in [0.15, 0.2) is 54.6 Å². The van der Waals surface area contributed by atoms with Crippen molar-refractivity contribution in [3.63, 3.8) is 0 Å². The van der Waals surface area contributed by atoms with Gasteiger partial charge in [0, 0.05) is 6.54 Å². The largest absolute Gasteiger partial charge is 0.331 e. The second-order valence-electron chi connectivity index (χ2n) is 5.27. The number of benzene rings is 2. The predicted octanol–water partition coefficient (Wildman–Crippen LogP) is 3.13. The number of nitrogens with one attached hydrogen (secondary N) is 1. The highest BCUT2D eigenvalue weighted by molar-refractivity contribution is 5.78. The van der Waals surface area contributed by atoms with E-state index in [0.29, 0.717) is 6.54 Å². The topological polar surface area (TPSA) is 32.3 Å². The first kappa shape index (κ1) is 16.2. The molecule has 1 amide bonds. The number of hydrogen-bond donors (Lipinski definition) is 1. The Labute approximate surface area is 130 Å². The molecule has 3 nitrogen and oxygen atoms in total. The summed E-state index contributed by atoms with van der Waals surface area (Å²) in [5, 5.41) is 2.90. The van der Waals surface area contributed by atoms with E-state index in [9.17, 15) is 9.18 Å². The molecule has 0 fully saturated rings. The van der Waals surface area contributed by atoms with Crippen LogP contribution in [-0.2, 0) is 11.3 Å². The van der Waals surface area contributed by atoms with Gasteiger partial charge in [0.25, 0.3) is 0 Å². The van der Waals surface area contributed by atoms with Crippen molar-refractivity contribution in [3.05, 3.63) is 71.5 Å². The molecular weight excluding hydrogens is 279 g/mol. The fourth-order valence-electron chi connectivity index (χ4n) is 2.39. The molecule has 0 aromatic heterocycles. The molecule has 0 bridgehead atoms. The lowest BCUT2D eigenvalue weighted by Gasteiger charge is -2.30. The lowest BCUT2D eigenvalue weighted by molar-refractivity contribution is -0.133. The lowest BCUT2D eigenvalue weighted by atomic mass is 10.1. The van der Waals surface area contributed by atoms with Crippen LogP contribution in [0.25, 0.3) is 0 Å². The average Bonchev–Trinajstić information content (AvgIpc) is 2.54. The third kappa shape index (κ3) is 4.15. The molecule has 0 saturated carbocycles. The van der Waals surface area contributed by atoms with Crippen molar-refractivity contribution in [3.8, 4) is 0 Å². The van der Waals surface area contributed by atoms with Gasteiger partial charge in [-0.15, -0.1) is 0 Å². The Morgan fingerprint density at radius 3 is 2.36 bits per heavy atom. The molecule has 1 unspecified atom stereocenters. The zero-order valence-corrected chi connectivity index (χ0v) is 12.9. The molecule has 0 aliphatic heterocycles. The van der Waals surface area contributed by atoms with Gasteiger partial charge in [-0.05, 0) is 37.2 Å². The van der Waals surface area contributed by atoms with Crippen LogP contribution in [0.3, 0.4) is 0 Å². The SMILES string of the molecule is CNCC(=O)N(Cc1ccc(F)cc1)C(C)c1ccccc1. The molecule has 22 heavy (non-hydrogen) atoms. The van der Waals surface area contributed by atoms with Crippen LogP contribution < -0.4 is 5.32 Å². The van der Waals surface area contributed by atoms with E-state index in [-0.39, 0.29) is 24.3 Å². The Hall–Kier alpha value is -2.20. The smallest absolute Gasteiger partial charge is 0.237 e. The van der Waals surface area contributed by atoms with E-state index in [1.165, 1.54) is 12.1 Å². The summed E-state index contributed by atoms with van der Waals surface area (Å²) in [7, 11) is 1.75. The zero-order valence-electron chi connectivity index (χ0n) is 12.9. The van der Waals surface area contributed by atoms with E-state index in [4.69, 9.17) is 0 Å². The van der Waals surface area contributed by atoms with Crippen molar-refractivity contribution in [2.45, 2.75) is 19.5 Å². The highest BCUT2D eigenvalue weighted by Crippen LogP contribution is 2.22. The Morgan fingerprint density at radius 2 is 1.77 bits per heavy atom. The number of halogens is 1. The molecule has 4 heteroatoms. The second kappa shape index (κ2) is 7.71. The first-order valence-electron chi connectivity index (χ1n) is 7.35. The van der Waals surface area contributed by atoms with Gasteiger partial charge >= 0.3 is 0 Å². The Balaban J connectivity index is 2.22. The molecule has 1 atom stereocenters. The first-order chi connectivity index (χ1) is 10.6. The zero-order chi connectivity index (χ0) is 15.9. The van der Waals surface area contributed by atoms with E-state index in [2.05, 4.69) is 5.32 Å². The van der Waals surface area contributed by atoms with Gasteiger partial charge in [-0.2, -0.15) is 0 Å². The first-order valence-corrected chi connectivity index (χ1v) is 7.35. The summed E-state index contributed by atoms with van der Waals surface area (Å²) in [5.74, 6) is -0.254. The summed E-state index contributed by atoms with van der Waals surface area (Å²) in [6.45, 7) is 2.74. The van der Waals surface area contributed by atoms with Gasteiger partial charge in [-0.25, -0.2) is 4.39 Å². The van der Waals surface area contributed by atoms with Gasteiger partial charge < -0.3 is 10.2 Å². The molecule has 2 rings (SSSR count). The lowest BCUT2D eigenvalue weighted by Crippen LogP contribution is -2.38. The van der Waals surface area contributed by atoms with E-state index in [0.717, 1.165) is 11.1 Å². The summed E-state index contributed by atoms with van der Waals surface area (Å²) in [6, 6.07) is 16.1. The fourth-order valence-corrected chi connectivity index (χ4v) is 2.39. The second-order valence-corrected chi connectivity index (χ2v) is 5.27. The van der Waals surface area contributed by atoms with E-state index in [1.807, 2.05) is 37.3 Å². The monoisotopic (exact) mass is 300 g/mol. The van der Waals surface area contributed by atoms with Crippen LogP contribution in [-0.4, -0.2) is 24.4 Å². The van der Waals surface area contributed by atoms with Gasteiger partial charge in [0.2, 0.25) is 5.91 Å². The molecule has 0 aliphatic rings. The fraction of sp³-hybridized carbons (Fsp3) is 0.278. The van der Waals surface area contributed by atoms with Crippen LogP contribution in [0.5, 0.6) is 0 Å². The summed E-state index contributed by atoms with van der Waals surface area (Å²) >= 11 is 0. The van der Waals surface area contributed by atoms with Gasteiger partial charge in [0.15, 0.2) is 0 Å². The molecule has 116 valence electrons. The Kier molecular flexibility index (Phi) is 5.67. The standard InChI is InChI=1S/C18H21FN2O/c1-14(16-6-4-3-5-7-16)21(18(22)12-20-2)13-15-8-10-17(19)11-9-15/h3-11,14,20H,12-13H2,1-2H3. The maximum absolute atomic E-state index is 13.0. The molecule has 0 heterocycles. The third-order valence-corrected chi connectivity index (χ3v) is 3.66.